The summed E-state index contributed by atoms with van der Waals surface area (Å²) in [5, 5.41) is 5.19. The second kappa shape index (κ2) is 7.53. The van der Waals surface area contributed by atoms with Gasteiger partial charge in [0.2, 0.25) is 0 Å². The predicted molar refractivity (Wildman–Crippen MR) is 104 cm³/mol. The highest BCUT2D eigenvalue weighted by Crippen LogP contribution is 2.29. The number of hydrogen-bond acceptors (Lipinski definition) is 2. The van der Waals surface area contributed by atoms with Crippen LogP contribution in [0, 0.1) is 5.82 Å². The Kier molecular flexibility index (Phi) is 4.94. The van der Waals surface area contributed by atoms with Gasteiger partial charge in [-0.15, -0.1) is 0 Å². The molecule has 0 saturated carbocycles. The van der Waals surface area contributed by atoms with E-state index in [4.69, 9.17) is 11.6 Å². The van der Waals surface area contributed by atoms with Crippen LogP contribution >= 0.6 is 11.6 Å². The van der Waals surface area contributed by atoms with Gasteiger partial charge in [0.1, 0.15) is 11.5 Å². The summed E-state index contributed by atoms with van der Waals surface area (Å²) in [6.45, 7) is 1.49. The first kappa shape index (κ1) is 17.7. The highest BCUT2D eigenvalue weighted by atomic mass is 35.5. The Labute approximate surface area is 162 Å². The lowest BCUT2D eigenvalue weighted by Gasteiger charge is -2.26. The third-order valence-corrected chi connectivity index (χ3v) is 5.12. The quantitative estimate of drug-likeness (QED) is 0.641. The Hall–Kier alpha value is -2.66. The van der Waals surface area contributed by atoms with Crippen molar-refractivity contribution in [2.45, 2.75) is 19.3 Å². The first-order valence-electron chi connectivity index (χ1n) is 9.04. The SMILES string of the molecule is O=C(c1cc(-c2ccccc2Cl)nn1-c1ccc(F)cc1)N1CCCCC1. The number of nitrogens with zero attached hydrogens (tertiary/aromatic N) is 3. The van der Waals surface area contributed by atoms with E-state index < -0.39 is 0 Å². The third kappa shape index (κ3) is 3.60. The molecule has 1 aliphatic rings. The molecule has 2 aromatic carbocycles. The van der Waals surface area contributed by atoms with E-state index >= 15 is 0 Å². The molecular formula is C21H19ClFN3O. The van der Waals surface area contributed by atoms with Crippen LogP contribution in [0.15, 0.2) is 54.6 Å². The van der Waals surface area contributed by atoms with Gasteiger partial charge in [0, 0.05) is 18.7 Å². The summed E-state index contributed by atoms with van der Waals surface area (Å²) in [4.78, 5) is 15.0. The van der Waals surface area contributed by atoms with Crippen molar-refractivity contribution in [1.82, 2.24) is 14.7 Å². The van der Waals surface area contributed by atoms with Gasteiger partial charge in [-0.25, -0.2) is 9.07 Å². The number of halogens is 2. The van der Waals surface area contributed by atoms with Gasteiger partial charge < -0.3 is 4.90 Å². The molecule has 0 N–H and O–H groups in total. The smallest absolute Gasteiger partial charge is 0.272 e. The second-order valence-corrected chi connectivity index (χ2v) is 7.04. The molecule has 1 saturated heterocycles. The molecule has 4 nitrogen and oxygen atoms in total. The van der Waals surface area contributed by atoms with Gasteiger partial charge in [-0.1, -0.05) is 29.8 Å². The predicted octanol–water partition coefficient (Wildman–Crippen LogP) is 4.96. The summed E-state index contributed by atoms with van der Waals surface area (Å²) in [6.07, 6.45) is 3.16. The standard InChI is InChI=1S/C21H19ClFN3O/c22-18-7-3-2-6-17(18)19-14-20(21(27)25-12-4-1-5-13-25)26(24-19)16-10-8-15(23)9-11-16/h2-3,6-11,14H,1,4-5,12-13H2. The first-order chi connectivity index (χ1) is 13.1. The van der Waals surface area contributed by atoms with Crippen LogP contribution in [0.3, 0.4) is 0 Å². The Bertz CT molecular complexity index is 962. The first-order valence-corrected chi connectivity index (χ1v) is 9.41. The van der Waals surface area contributed by atoms with Crippen molar-refractivity contribution < 1.29 is 9.18 Å². The molecule has 6 heteroatoms. The van der Waals surface area contributed by atoms with Crippen LogP contribution in [-0.4, -0.2) is 33.7 Å². The highest BCUT2D eigenvalue weighted by molar-refractivity contribution is 6.33. The summed E-state index contributed by atoms with van der Waals surface area (Å²) in [5.74, 6) is -0.397. The van der Waals surface area contributed by atoms with Gasteiger partial charge in [0.25, 0.3) is 5.91 Å². The molecule has 4 rings (SSSR count). The minimum atomic E-state index is -0.332. The van der Waals surface area contributed by atoms with E-state index in [-0.39, 0.29) is 11.7 Å². The fraction of sp³-hybridized carbons (Fsp3) is 0.238. The lowest BCUT2D eigenvalue weighted by molar-refractivity contribution is 0.0715. The molecule has 3 aromatic rings. The number of carbonyl (C=O) groups is 1. The average molecular weight is 384 g/mol. The molecule has 0 spiro atoms. The van der Waals surface area contributed by atoms with Gasteiger partial charge in [0.05, 0.1) is 16.4 Å². The molecular weight excluding hydrogens is 365 g/mol. The number of hydrogen-bond donors (Lipinski definition) is 0. The molecule has 2 heterocycles. The van der Waals surface area contributed by atoms with Crippen molar-refractivity contribution >= 4 is 17.5 Å². The molecule has 0 unspecified atom stereocenters. The Morgan fingerprint density at radius 3 is 2.41 bits per heavy atom. The van der Waals surface area contributed by atoms with Crippen molar-refractivity contribution in [2.75, 3.05) is 13.1 Å². The largest absolute Gasteiger partial charge is 0.337 e. The van der Waals surface area contributed by atoms with E-state index in [9.17, 15) is 9.18 Å². The third-order valence-electron chi connectivity index (χ3n) is 4.79. The van der Waals surface area contributed by atoms with Crippen molar-refractivity contribution in [1.29, 1.82) is 0 Å². The maximum atomic E-state index is 13.4. The van der Waals surface area contributed by atoms with E-state index in [2.05, 4.69) is 5.10 Å². The Morgan fingerprint density at radius 1 is 1.00 bits per heavy atom. The Morgan fingerprint density at radius 2 is 1.70 bits per heavy atom. The molecule has 1 aromatic heterocycles. The zero-order valence-corrected chi connectivity index (χ0v) is 15.5. The van der Waals surface area contributed by atoms with Crippen molar-refractivity contribution in [2.24, 2.45) is 0 Å². The van der Waals surface area contributed by atoms with Gasteiger partial charge >= 0.3 is 0 Å². The van der Waals surface area contributed by atoms with Crippen LogP contribution in [0.5, 0.6) is 0 Å². The zero-order valence-electron chi connectivity index (χ0n) is 14.7. The van der Waals surface area contributed by atoms with Crippen LogP contribution in [0.1, 0.15) is 29.8 Å². The number of carbonyl (C=O) groups excluding carboxylic acids is 1. The zero-order chi connectivity index (χ0) is 18.8. The number of rotatable bonds is 3. The number of aromatic nitrogens is 2. The molecule has 1 amide bonds. The average Bonchev–Trinajstić information content (AvgIpc) is 3.14. The van der Waals surface area contributed by atoms with Crippen molar-refractivity contribution in [3.05, 3.63) is 71.1 Å². The van der Waals surface area contributed by atoms with E-state index in [0.717, 1.165) is 37.9 Å². The second-order valence-electron chi connectivity index (χ2n) is 6.64. The maximum Gasteiger partial charge on any atom is 0.272 e. The summed E-state index contributed by atoms with van der Waals surface area (Å²) >= 11 is 6.32. The van der Waals surface area contributed by atoms with Crippen LogP contribution in [0.4, 0.5) is 4.39 Å². The molecule has 0 radical (unpaired) electrons. The Balaban J connectivity index is 1.81. The number of amides is 1. The minimum Gasteiger partial charge on any atom is -0.337 e. The molecule has 0 atom stereocenters. The van der Waals surface area contributed by atoms with E-state index in [1.54, 1.807) is 28.9 Å². The number of piperidine rings is 1. The highest BCUT2D eigenvalue weighted by Gasteiger charge is 2.24. The monoisotopic (exact) mass is 383 g/mol. The summed E-state index contributed by atoms with van der Waals surface area (Å²) < 4.78 is 14.9. The van der Waals surface area contributed by atoms with Crippen LogP contribution in [0.25, 0.3) is 16.9 Å². The van der Waals surface area contributed by atoms with E-state index in [0.29, 0.717) is 22.1 Å². The lowest BCUT2D eigenvalue weighted by atomic mass is 10.1. The van der Waals surface area contributed by atoms with E-state index in [1.165, 1.54) is 12.1 Å². The normalized spacial score (nSPS) is 14.4. The van der Waals surface area contributed by atoms with Gasteiger partial charge in [0.15, 0.2) is 0 Å². The van der Waals surface area contributed by atoms with E-state index in [1.807, 2.05) is 23.1 Å². The number of benzene rings is 2. The molecule has 0 bridgehead atoms. The fourth-order valence-corrected chi connectivity index (χ4v) is 3.60. The summed E-state index contributed by atoms with van der Waals surface area (Å²) in [6, 6.07) is 15.1. The van der Waals surface area contributed by atoms with Gasteiger partial charge in [-0.3, -0.25) is 4.79 Å². The molecule has 27 heavy (non-hydrogen) atoms. The molecule has 1 fully saturated rings. The summed E-state index contributed by atoms with van der Waals surface area (Å²) in [7, 11) is 0. The van der Waals surface area contributed by atoms with Gasteiger partial charge in [-0.2, -0.15) is 5.10 Å². The van der Waals surface area contributed by atoms with Crippen LogP contribution in [0.2, 0.25) is 5.02 Å². The lowest BCUT2D eigenvalue weighted by Crippen LogP contribution is -2.36. The number of likely N-dealkylation sites (tertiary alicyclic amines) is 1. The van der Waals surface area contributed by atoms with Gasteiger partial charge in [-0.05, 0) is 55.7 Å². The van der Waals surface area contributed by atoms with Crippen molar-refractivity contribution in [3.8, 4) is 16.9 Å². The molecule has 0 aliphatic carbocycles. The minimum absolute atomic E-state index is 0.0650. The fourth-order valence-electron chi connectivity index (χ4n) is 3.37. The molecule has 138 valence electrons. The maximum absolute atomic E-state index is 13.4. The van der Waals surface area contributed by atoms with Crippen molar-refractivity contribution in [3.63, 3.8) is 0 Å². The topological polar surface area (TPSA) is 38.1 Å². The van der Waals surface area contributed by atoms with Crippen LogP contribution in [-0.2, 0) is 0 Å². The molecule has 1 aliphatic heterocycles. The summed E-state index contributed by atoms with van der Waals surface area (Å²) in [5.41, 5.74) is 2.46. The van der Waals surface area contributed by atoms with Crippen LogP contribution < -0.4 is 0 Å².